The number of aromatic nitrogens is 5. The summed E-state index contributed by atoms with van der Waals surface area (Å²) >= 11 is 1.33. The minimum Gasteiger partial charge on any atom is -0.335 e. The Morgan fingerprint density at radius 1 is 1.16 bits per heavy atom. The van der Waals surface area contributed by atoms with E-state index in [1.54, 1.807) is 29.4 Å². The molecule has 2 aromatic carbocycles. The molecule has 4 aromatic rings. The van der Waals surface area contributed by atoms with Gasteiger partial charge in [-0.2, -0.15) is 0 Å². The van der Waals surface area contributed by atoms with Gasteiger partial charge in [-0.25, -0.2) is 4.98 Å². The predicted octanol–water partition coefficient (Wildman–Crippen LogP) is 3.26. The van der Waals surface area contributed by atoms with Gasteiger partial charge in [0, 0.05) is 12.2 Å². The lowest BCUT2D eigenvalue weighted by molar-refractivity contribution is -0.128. The van der Waals surface area contributed by atoms with Crippen molar-refractivity contribution in [1.82, 2.24) is 29.6 Å². The predicted molar refractivity (Wildman–Crippen MR) is 125 cm³/mol. The van der Waals surface area contributed by atoms with Crippen LogP contribution in [-0.2, 0) is 11.3 Å². The molecule has 0 aliphatic heterocycles. The molecule has 1 amide bonds. The van der Waals surface area contributed by atoms with Crippen LogP contribution in [0.4, 0.5) is 0 Å². The largest absolute Gasteiger partial charge is 0.335 e. The first-order valence-electron chi connectivity index (χ1n) is 10.3. The lowest BCUT2D eigenvalue weighted by atomic mass is 10.1. The molecule has 9 heteroatoms. The highest BCUT2D eigenvalue weighted by Gasteiger charge is 2.17. The molecule has 0 bridgehead atoms. The molecule has 0 saturated heterocycles. The van der Waals surface area contributed by atoms with E-state index in [0.717, 1.165) is 5.69 Å². The molecule has 0 fully saturated rings. The Hall–Kier alpha value is -3.46. The number of rotatable bonds is 7. The van der Waals surface area contributed by atoms with Crippen molar-refractivity contribution in [2.24, 2.45) is 0 Å². The molecule has 2 heterocycles. The number of para-hydroxylation sites is 1. The second kappa shape index (κ2) is 9.35. The van der Waals surface area contributed by atoms with Crippen LogP contribution in [0.25, 0.3) is 16.6 Å². The fraction of sp³-hybridized carbons (Fsp3) is 0.261. The van der Waals surface area contributed by atoms with Gasteiger partial charge in [-0.1, -0.05) is 30.0 Å². The Labute approximate surface area is 189 Å². The van der Waals surface area contributed by atoms with E-state index in [1.165, 1.54) is 22.9 Å². The molecular weight excluding hydrogens is 424 g/mol. The number of aryl methyl sites for hydroxylation is 2. The van der Waals surface area contributed by atoms with Crippen LogP contribution in [0.3, 0.4) is 0 Å². The van der Waals surface area contributed by atoms with Gasteiger partial charge in [0.25, 0.3) is 5.56 Å². The summed E-state index contributed by atoms with van der Waals surface area (Å²) in [6.07, 6.45) is 1.65. The van der Waals surface area contributed by atoms with Crippen molar-refractivity contribution >= 4 is 28.6 Å². The standard InChI is InChI=1S/C23H24N6O2S/c1-4-28(12-20-25-19-8-6-5-7-18(19)22(31)26-20)21(30)13-32-23-27-24-14-29(23)17-10-9-15(2)16(3)11-17/h5-11,14H,4,12-13H2,1-3H3,(H,25,26,31). The molecule has 0 saturated carbocycles. The zero-order chi connectivity index (χ0) is 22.7. The van der Waals surface area contributed by atoms with E-state index >= 15 is 0 Å². The fourth-order valence-electron chi connectivity index (χ4n) is 3.36. The Balaban J connectivity index is 1.46. The van der Waals surface area contributed by atoms with Gasteiger partial charge in [0.2, 0.25) is 5.91 Å². The van der Waals surface area contributed by atoms with Gasteiger partial charge in [-0.05, 0) is 56.2 Å². The molecule has 0 unspecified atom stereocenters. The number of benzene rings is 2. The van der Waals surface area contributed by atoms with E-state index in [0.29, 0.717) is 28.4 Å². The number of carbonyl (C=O) groups excluding carboxylic acids is 1. The molecule has 0 aliphatic rings. The topological polar surface area (TPSA) is 96.8 Å². The zero-order valence-corrected chi connectivity index (χ0v) is 19.0. The van der Waals surface area contributed by atoms with Gasteiger partial charge >= 0.3 is 0 Å². The fourth-order valence-corrected chi connectivity index (χ4v) is 4.19. The van der Waals surface area contributed by atoms with Gasteiger partial charge < -0.3 is 9.88 Å². The number of nitrogens with zero attached hydrogens (tertiary/aromatic N) is 5. The number of H-pyrrole nitrogens is 1. The first-order valence-corrected chi connectivity index (χ1v) is 11.3. The Morgan fingerprint density at radius 2 is 1.97 bits per heavy atom. The molecule has 0 aliphatic carbocycles. The number of carbonyl (C=O) groups is 1. The Bertz CT molecular complexity index is 1330. The Morgan fingerprint density at radius 3 is 2.75 bits per heavy atom. The van der Waals surface area contributed by atoms with Crippen molar-refractivity contribution in [3.63, 3.8) is 0 Å². The van der Waals surface area contributed by atoms with Gasteiger partial charge in [-0.15, -0.1) is 10.2 Å². The van der Waals surface area contributed by atoms with Crippen LogP contribution in [0.1, 0.15) is 23.9 Å². The molecule has 2 aromatic heterocycles. The number of hydrogen-bond acceptors (Lipinski definition) is 6. The third-order valence-electron chi connectivity index (χ3n) is 5.35. The number of nitrogens with one attached hydrogen (secondary N) is 1. The van der Waals surface area contributed by atoms with E-state index in [9.17, 15) is 9.59 Å². The summed E-state index contributed by atoms with van der Waals surface area (Å²) in [5, 5.41) is 9.38. The van der Waals surface area contributed by atoms with Crippen molar-refractivity contribution < 1.29 is 4.79 Å². The lowest BCUT2D eigenvalue weighted by Crippen LogP contribution is -2.33. The maximum Gasteiger partial charge on any atom is 0.258 e. The van der Waals surface area contributed by atoms with Crippen LogP contribution in [0.5, 0.6) is 0 Å². The van der Waals surface area contributed by atoms with Gasteiger partial charge in [0.15, 0.2) is 5.16 Å². The molecular formula is C23H24N6O2S. The smallest absolute Gasteiger partial charge is 0.258 e. The summed E-state index contributed by atoms with van der Waals surface area (Å²) < 4.78 is 1.88. The third-order valence-corrected chi connectivity index (χ3v) is 6.27. The van der Waals surface area contributed by atoms with E-state index in [1.807, 2.05) is 23.6 Å². The summed E-state index contributed by atoms with van der Waals surface area (Å²) in [5.41, 5.74) is 3.76. The molecule has 8 nitrogen and oxygen atoms in total. The van der Waals surface area contributed by atoms with Crippen LogP contribution in [0, 0.1) is 13.8 Å². The zero-order valence-electron chi connectivity index (χ0n) is 18.2. The lowest BCUT2D eigenvalue weighted by Gasteiger charge is -2.20. The highest BCUT2D eigenvalue weighted by Crippen LogP contribution is 2.22. The number of aromatic amines is 1. The second-order valence-electron chi connectivity index (χ2n) is 7.48. The summed E-state index contributed by atoms with van der Waals surface area (Å²) in [6, 6.07) is 13.3. The molecule has 0 radical (unpaired) electrons. The maximum atomic E-state index is 12.9. The van der Waals surface area contributed by atoms with Crippen LogP contribution >= 0.6 is 11.8 Å². The molecule has 4 rings (SSSR count). The van der Waals surface area contributed by atoms with Crippen LogP contribution in [-0.4, -0.2) is 47.8 Å². The maximum absolute atomic E-state index is 12.9. The van der Waals surface area contributed by atoms with Crippen LogP contribution in [0.15, 0.2) is 58.7 Å². The molecule has 0 spiro atoms. The average Bonchev–Trinajstić information content (AvgIpc) is 3.26. The number of fused-ring (bicyclic) bond motifs is 1. The summed E-state index contributed by atoms with van der Waals surface area (Å²) in [7, 11) is 0. The van der Waals surface area contributed by atoms with E-state index in [-0.39, 0.29) is 23.8 Å². The average molecular weight is 449 g/mol. The van der Waals surface area contributed by atoms with Crippen molar-refractivity contribution in [2.45, 2.75) is 32.5 Å². The van der Waals surface area contributed by atoms with Crippen LogP contribution < -0.4 is 5.56 Å². The van der Waals surface area contributed by atoms with Crippen molar-refractivity contribution in [1.29, 1.82) is 0 Å². The quantitative estimate of drug-likeness (QED) is 0.436. The number of thioether (sulfide) groups is 1. The van der Waals surface area contributed by atoms with Crippen molar-refractivity contribution in [3.05, 3.63) is 76.1 Å². The van der Waals surface area contributed by atoms with E-state index in [2.05, 4.69) is 46.1 Å². The van der Waals surface area contributed by atoms with E-state index in [4.69, 9.17) is 0 Å². The summed E-state index contributed by atoms with van der Waals surface area (Å²) in [6.45, 7) is 6.76. The first-order chi connectivity index (χ1) is 15.5. The summed E-state index contributed by atoms with van der Waals surface area (Å²) in [4.78, 5) is 34.2. The third kappa shape index (κ3) is 4.57. The van der Waals surface area contributed by atoms with Gasteiger partial charge in [0.1, 0.15) is 12.2 Å². The molecule has 0 atom stereocenters. The molecule has 164 valence electrons. The second-order valence-corrected chi connectivity index (χ2v) is 8.42. The monoisotopic (exact) mass is 448 g/mol. The van der Waals surface area contributed by atoms with Crippen molar-refractivity contribution in [2.75, 3.05) is 12.3 Å². The highest BCUT2D eigenvalue weighted by molar-refractivity contribution is 7.99. The minimum absolute atomic E-state index is 0.0667. The van der Waals surface area contributed by atoms with Gasteiger partial charge in [-0.3, -0.25) is 14.2 Å². The first kappa shape index (κ1) is 21.8. The SMILES string of the molecule is CCN(Cc1nc2ccccc2c(=O)[nH]1)C(=O)CSc1nncn1-c1ccc(C)c(C)c1. The molecule has 32 heavy (non-hydrogen) atoms. The summed E-state index contributed by atoms with van der Waals surface area (Å²) in [5.74, 6) is 0.602. The van der Waals surface area contributed by atoms with E-state index < -0.39 is 0 Å². The number of hydrogen-bond donors (Lipinski definition) is 1. The minimum atomic E-state index is -0.204. The Kier molecular flexibility index (Phi) is 6.36. The number of amides is 1. The van der Waals surface area contributed by atoms with Crippen LogP contribution in [0.2, 0.25) is 0 Å². The van der Waals surface area contributed by atoms with Crippen molar-refractivity contribution in [3.8, 4) is 5.69 Å². The highest BCUT2D eigenvalue weighted by atomic mass is 32.2. The van der Waals surface area contributed by atoms with Gasteiger partial charge in [0.05, 0.1) is 23.2 Å². The molecule has 1 N–H and O–H groups in total. The normalized spacial score (nSPS) is 11.1.